The highest BCUT2D eigenvalue weighted by Crippen LogP contribution is 2.44. The van der Waals surface area contributed by atoms with Gasteiger partial charge >= 0.3 is 5.97 Å². The molecule has 0 bridgehead atoms. The number of aliphatic hydroxyl groups excluding tert-OH is 1. The number of rotatable bonds is 7. The molecular formula is C27H21Cl2NO7. The number of benzene rings is 3. The zero-order chi connectivity index (χ0) is 26.9. The van der Waals surface area contributed by atoms with Crippen LogP contribution in [0.25, 0.3) is 5.76 Å². The number of carbonyl (C=O) groups is 3. The van der Waals surface area contributed by atoms with Gasteiger partial charge in [0.1, 0.15) is 17.3 Å². The number of nitrogens with zero attached hydrogens (tertiary/aromatic N) is 1. The molecule has 0 aromatic heterocycles. The van der Waals surface area contributed by atoms with Gasteiger partial charge in [-0.15, -0.1) is 0 Å². The molecule has 1 atom stereocenters. The van der Waals surface area contributed by atoms with Crippen molar-refractivity contribution in [1.29, 1.82) is 0 Å². The van der Waals surface area contributed by atoms with Crippen LogP contribution in [0.3, 0.4) is 0 Å². The zero-order valence-electron chi connectivity index (χ0n) is 19.7. The maximum atomic E-state index is 13.3. The largest absolute Gasteiger partial charge is 0.507 e. The van der Waals surface area contributed by atoms with E-state index in [1.807, 2.05) is 0 Å². The van der Waals surface area contributed by atoms with Crippen LogP contribution in [0.4, 0.5) is 0 Å². The Hall–Kier alpha value is -4.01. The minimum Gasteiger partial charge on any atom is -0.507 e. The first kappa shape index (κ1) is 26.1. The molecule has 3 aromatic carbocycles. The quantitative estimate of drug-likeness (QED) is 0.236. The van der Waals surface area contributed by atoms with Crippen molar-refractivity contribution in [3.05, 3.63) is 98.5 Å². The van der Waals surface area contributed by atoms with Gasteiger partial charge in [0.05, 0.1) is 42.0 Å². The smallest absolute Gasteiger partial charge is 0.335 e. The summed E-state index contributed by atoms with van der Waals surface area (Å²) < 4.78 is 10.6. The summed E-state index contributed by atoms with van der Waals surface area (Å²) in [5.41, 5.74) is 1.10. The molecule has 0 aliphatic carbocycles. The average Bonchev–Trinajstić information content (AvgIpc) is 3.13. The Kier molecular flexibility index (Phi) is 7.42. The Morgan fingerprint density at radius 1 is 0.946 bits per heavy atom. The number of aromatic carboxylic acids is 1. The molecule has 2 N–H and O–H groups in total. The van der Waals surface area contributed by atoms with Crippen LogP contribution in [0.5, 0.6) is 11.5 Å². The van der Waals surface area contributed by atoms with E-state index in [2.05, 4.69) is 0 Å². The van der Waals surface area contributed by atoms with Crippen LogP contribution in [-0.2, 0) is 16.1 Å². The minimum absolute atomic E-state index is 0.0224. The van der Waals surface area contributed by atoms with Gasteiger partial charge in [0.25, 0.3) is 11.7 Å². The molecule has 10 heteroatoms. The molecule has 3 aromatic rings. The number of ether oxygens (including phenoxy) is 2. The van der Waals surface area contributed by atoms with Crippen molar-refractivity contribution in [2.75, 3.05) is 14.2 Å². The fourth-order valence-electron chi connectivity index (χ4n) is 4.21. The van der Waals surface area contributed by atoms with Crippen LogP contribution >= 0.6 is 23.2 Å². The van der Waals surface area contributed by atoms with Crippen LogP contribution in [0.15, 0.2) is 66.2 Å². The maximum Gasteiger partial charge on any atom is 0.335 e. The van der Waals surface area contributed by atoms with E-state index in [1.165, 1.54) is 43.4 Å². The van der Waals surface area contributed by atoms with Gasteiger partial charge < -0.3 is 24.6 Å². The van der Waals surface area contributed by atoms with Crippen LogP contribution in [0.1, 0.15) is 33.1 Å². The first-order valence-corrected chi connectivity index (χ1v) is 11.7. The lowest BCUT2D eigenvalue weighted by Gasteiger charge is -2.26. The van der Waals surface area contributed by atoms with Gasteiger partial charge in [0.15, 0.2) is 0 Å². The summed E-state index contributed by atoms with van der Waals surface area (Å²) in [4.78, 5) is 39.1. The van der Waals surface area contributed by atoms with Gasteiger partial charge in [0, 0.05) is 11.6 Å². The number of Topliss-reactive ketones (excluding diaryl/α,β-unsaturated/α-hetero) is 1. The molecule has 37 heavy (non-hydrogen) atoms. The number of carbonyl (C=O) groups excluding carboxylic acids is 2. The molecule has 0 saturated carbocycles. The Labute approximate surface area is 222 Å². The van der Waals surface area contributed by atoms with Gasteiger partial charge in [-0.05, 0) is 47.5 Å². The van der Waals surface area contributed by atoms with E-state index in [9.17, 15) is 24.6 Å². The standard InChI is InChI=1S/C27H21Cl2NO7/c1-36-18-9-7-15(8-10-18)22-21(23(31)19-11-17(28)12-20(29)25(19)37-2)24(32)26(33)30(22)13-14-3-5-16(6-4-14)27(34)35/h3-12,22,31H,13H2,1-2H3,(H,34,35)/b23-21+. The topological polar surface area (TPSA) is 113 Å². The summed E-state index contributed by atoms with van der Waals surface area (Å²) in [6.45, 7) is -0.0224. The molecule has 1 saturated heterocycles. The normalized spacial score (nSPS) is 16.6. The zero-order valence-corrected chi connectivity index (χ0v) is 21.2. The van der Waals surface area contributed by atoms with Crippen molar-refractivity contribution in [3.8, 4) is 11.5 Å². The van der Waals surface area contributed by atoms with Gasteiger partial charge in [0.2, 0.25) is 0 Å². The summed E-state index contributed by atoms with van der Waals surface area (Å²) in [6.07, 6.45) is 0. The number of amides is 1. The van der Waals surface area contributed by atoms with Crippen molar-refractivity contribution in [2.45, 2.75) is 12.6 Å². The number of carboxylic acids is 1. The molecule has 1 fully saturated rings. The second kappa shape index (κ2) is 10.5. The summed E-state index contributed by atoms with van der Waals surface area (Å²) in [5, 5.41) is 20.9. The third-order valence-electron chi connectivity index (χ3n) is 5.99. The monoisotopic (exact) mass is 541 g/mol. The lowest BCUT2D eigenvalue weighted by atomic mass is 9.94. The molecule has 4 rings (SSSR count). The Morgan fingerprint density at radius 3 is 2.16 bits per heavy atom. The number of hydrogen-bond acceptors (Lipinski definition) is 6. The van der Waals surface area contributed by atoms with Crippen molar-refractivity contribution in [1.82, 2.24) is 4.90 Å². The minimum atomic E-state index is -1.08. The van der Waals surface area contributed by atoms with Crippen LogP contribution in [0.2, 0.25) is 10.0 Å². The van der Waals surface area contributed by atoms with Gasteiger partial charge in [-0.1, -0.05) is 47.5 Å². The molecule has 0 spiro atoms. The molecule has 8 nitrogen and oxygen atoms in total. The number of aliphatic hydroxyl groups is 1. The Morgan fingerprint density at radius 2 is 1.59 bits per heavy atom. The lowest BCUT2D eigenvalue weighted by molar-refractivity contribution is -0.140. The van der Waals surface area contributed by atoms with E-state index in [0.29, 0.717) is 16.9 Å². The second-order valence-corrected chi connectivity index (χ2v) is 9.01. The summed E-state index contributed by atoms with van der Waals surface area (Å²) in [7, 11) is 2.86. The van der Waals surface area contributed by atoms with E-state index in [4.69, 9.17) is 32.7 Å². The van der Waals surface area contributed by atoms with E-state index >= 15 is 0 Å². The molecule has 1 heterocycles. The average molecular weight is 542 g/mol. The lowest BCUT2D eigenvalue weighted by Crippen LogP contribution is -2.29. The highest BCUT2D eigenvalue weighted by atomic mass is 35.5. The highest BCUT2D eigenvalue weighted by molar-refractivity contribution is 6.46. The number of methoxy groups -OCH3 is 2. The van der Waals surface area contributed by atoms with Gasteiger partial charge in [-0.2, -0.15) is 0 Å². The molecule has 0 radical (unpaired) electrons. The summed E-state index contributed by atoms with van der Waals surface area (Å²) in [6, 6.07) is 14.5. The Balaban J connectivity index is 1.88. The summed E-state index contributed by atoms with van der Waals surface area (Å²) >= 11 is 12.4. The maximum absolute atomic E-state index is 13.3. The van der Waals surface area contributed by atoms with Gasteiger partial charge in [-0.3, -0.25) is 9.59 Å². The van der Waals surface area contributed by atoms with Crippen LogP contribution in [-0.4, -0.2) is 47.0 Å². The number of ketones is 1. The van der Waals surface area contributed by atoms with Crippen LogP contribution in [0, 0.1) is 0 Å². The van der Waals surface area contributed by atoms with E-state index in [-0.39, 0.29) is 39.0 Å². The van der Waals surface area contributed by atoms with Crippen molar-refractivity contribution >= 4 is 46.6 Å². The molecule has 1 aliphatic heterocycles. The second-order valence-electron chi connectivity index (χ2n) is 8.17. The third kappa shape index (κ3) is 4.98. The number of hydrogen-bond donors (Lipinski definition) is 2. The van der Waals surface area contributed by atoms with E-state index in [0.717, 1.165) is 0 Å². The molecule has 1 aliphatic rings. The Bertz CT molecular complexity index is 1420. The number of likely N-dealkylation sites (tertiary alicyclic amines) is 1. The fraction of sp³-hybridized carbons (Fsp3) is 0.148. The molecule has 190 valence electrons. The molecule has 1 unspecified atom stereocenters. The van der Waals surface area contributed by atoms with Crippen molar-refractivity contribution < 1.29 is 34.1 Å². The SMILES string of the molecule is COc1ccc(C2/C(=C(\O)c3cc(Cl)cc(Cl)c3OC)C(=O)C(=O)N2Cc2ccc(C(=O)O)cc2)cc1. The van der Waals surface area contributed by atoms with Crippen molar-refractivity contribution in [3.63, 3.8) is 0 Å². The fourth-order valence-corrected chi connectivity index (χ4v) is 4.78. The van der Waals surface area contributed by atoms with E-state index in [1.54, 1.807) is 36.4 Å². The number of carboxylic acid groups (broad SMARTS) is 1. The first-order chi connectivity index (χ1) is 17.7. The predicted molar refractivity (Wildman–Crippen MR) is 137 cm³/mol. The molecular weight excluding hydrogens is 521 g/mol. The highest BCUT2D eigenvalue weighted by Gasteiger charge is 2.46. The van der Waals surface area contributed by atoms with Crippen LogP contribution < -0.4 is 9.47 Å². The predicted octanol–water partition coefficient (Wildman–Crippen LogP) is 5.33. The van der Waals surface area contributed by atoms with Gasteiger partial charge in [-0.25, -0.2) is 4.79 Å². The summed E-state index contributed by atoms with van der Waals surface area (Å²) in [5.74, 6) is -2.67. The molecule has 1 amide bonds. The van der Waals surface area contributed by atoms with Crippen molar-refractivity contribution in [2.24, 2.45) is 0 Å². The first-order valence-electron chi connectivity index (χ1n) is 10.9. The van der Waals surface area contributed by atoms with E-state index < -0.39 is 29.5 Å². The third-order valence-corrected chi connectivity index (χ3v) is 6.49. The number of halogens is 2.